The highest BCUT2D eigenvalue weighted by molar-refractivity contribution is 7.26. The molecule has 0 aliphatic heterocycles. The van der Waals surface area contributed by atoms with Crippen molar-refractivity contribution in [2.24, 2.45) is 0 Å². The van der Waals surface area contributed by atoms with Gasteiger partial charge in [-0.25, -0.2) is 15.0 Å². The van der Waals surface area contributed by atoms with Gasteiger partial charge in [-0.2, -0.15) is 0 Å². The summed E-state index contributed by atoms with van der Waals surface area (Å²) >= 11 is 1.88. The Hall–Kier alpha value is -7.28. The first-order chi connectivity index (χ1) is 27.7. The van der Waals surface area contributed by atoms with Gasteiger partial charge in [0.05, 0.1) is 11.0 Å². The molecule has 7 aromatic carbocycles. The summed E-state index contributed by atoms with van der Waals surface area (Å²) in [5.41, 5.74) is 10.6. The monoisotopic (exact) mass is 733 g/mol. The lowest BCUT2D eigenvalue weighted by molar-refractivity contribution is 1.07. The molecule has 0 unspecified atom stereocenters. The molecule has 0 spiro atoms. The van der Waals surface area contributed by atoms with E-state index in [0.29, 0.717) is 17.5 Å². The van der Waals surface area contributed by atoms with E-state index >= 15 is 0 Å². The number of hydrogen-bond acceptors (Lipinski definition) is 5. The van der Waals surface area contributed by atoms with Crippen molar-refractivity contribution in [2.75, 3.05) is 0 Å². The lowest BCUT2D eigenvalue weighted by atomic mass is 9.97. The molecule has 56 heavy (non-hydrogen) atoms. The highest BCUT2D eigenvalue weighted by Gasteiger charge is 2.19. The Bertz CT molecular complexity index is 3190. The van der Waals surface area contributed by atoms with Gasteiger partial charge in [-0.15, -0.1) is 11.3 Å². The predicted octanol–water partition coefficient (Wildman–Crippen LogP) is 13.1. The molecule has 5 nitrogen and oxygen atoms in total. The maximum Gasteiger partial charge on any atom is 0.164 e. The van der Waals surface area contributed by atoms with E-state index in [2.05, 4.69) is 125 Å². The normalized spacial score (nSPS) is 11.6. The fourth-order valence-electron chi connectivity index (χ4n) is 7.91. The maximum absolute atomic E-state index is 5.03. The number of hydrogen-bond donors (Lipinski definition) is 0. The predicted molar refractivity (Wildman–Crippen MR) is 232 cm³/mol. The SMILES string of the molecule is c1ccc(-c2nc(-c3ccccc3)nc(-c3cccc(-c4cc(-c5ccncc5)cc(-n5c6ccccc6c6c7sc8ccccc8c7ccc65)c4)c3)n2)cc1. The molecule has 4 heterocycles. The molecule has 6 heteroatoms. The van der Waals surface area contributed by atoms with Gasteiger partial charge in [0.2, 0.25) is 0 Å². The van der Waals surface area contributed by atoms with Gasteiger partial charge in [0, 0.05) is 65.7 Å². The average molecular weight is 734 g/mol. The van der Waals surface area contributed by atoms with Crippen LogP contribution in [0.15, 0.2) is 188 Å². The Balaban J connectivity index is 1.12. The van der Waals surface area contributed by atoms with Crippen LogP contribution in [-0.2, 0) is 0 Å². The highest BCUT2D eigenvalue weighted by Crippen LogP contribution is 2.44. The van der Waals surface area contributed by atoms with Crippen molar-refractivity contribution in [3.05, 3.63) is 188 Å². The van der Waals surface area contributed by atoms with Gasteiger partial charge in [-0.3, -0.25) is 4.98 Å². The van der Waals surface area contributed by atoms with Gasteiger partial charge in [0.25, 0.3) is 0 Å². The zero-order valence-corrected chi connectivity index (χ0v) is 30.9. The molecular weight excluding hydrogens is 703 g/mol. The summed E-state index contributed by atoms with van der Waals surface area (Å²) in [5, 5.41) is 5.14. The molecule has 0 bridgehead atoms. The number of pyridine rings is 1. The van der Waals surface area contributed by atoms with Crippen LogP contribution in [0, 0.1) is 0 Å². The maximum atomic E-state index is 5.03. The van der Waals surface area contributed by atoms with Crippen molar-refractivity contribution in [1.82, 2.24) is 24.5 Å². The molecule has 0 aliphatic rings. The van der Waals surface area contributed by atoms with E-state index in [1.807, 2.05) is 84.4 Å². The van der Waals surface area contributed by atoms with Crippen LogP contribution in [0.3, 0.4) is 0 Å². The van der Waals surface area contributed by atoms with Crippen molar-refractivity contribution >= 4 is 53.3 Å². The number of nitrogens with zero attached hydrogens (tertiary/aromatic N) is 5. The molecule has 0 fully saturated rings. The molecule has 0 aliphatic carbocycles. The first-order valence-corrected chi connectivity index (χ1v) is 19.4. The molecule has 0 saturated heterocycles. The first kappa shape index (κ1) is 32.2. The second-order valence-corrected chi connectivity index (χ2v) is 15.0. The van der Waals surface area contributed by atoms with Gasteiger partial charge >= 0.3 is 0 Å². The molecule has 262 valence electrons. The quantitative estimate of drug-likeness (QED) is 0.171. The lowest BCUT2D eigenvalue weighted by Gasteiger charge is -2.15. The van der Waals surface area contributed by atoms with Crippen LogP contribution in [0.1, 0.15) is 0 Å². The van der Waals surface area contributed by atoms with Crippen LogP contribution >= 0.6 is 11.3 Å². The van der Waals surface area contributed by atoms with Crippen molar-refractivity contribution in [1.29, 1.82) is 0 Å². The smallest absolute Gasteiger partial charge is 0.164 e. The minimum Gasteiger partial charge on any atom is -0.309 e. The van der Waals surface area contributed by atoms with Crippen LogP contribution in [0.2, 0.25) is 0 Å². The number of rotatable bonds is 6. The Kier molecular flexibility index (Phi) is 7.60. The van der Waals surface area contributed by atoms with E-state index in [0.717, 1.165) is 44.6 Å². The summed E-state index contributed by atoms with van der Waals surface area (Å²) in [4.78, 5) is 19.3. The summed E-state index contributed by atoms with van der Waals surface area (Å²) < 4.78 is 5.05. The Morgan fingerprint density at radius 3 is 1.68 bits per heavy atom. The Morgan fingerprint density at radius 2 is 0.946 bits per heavy atom. The topological polar surface area (TPSA) is 56.5 Å². The largest absolute Gasteiger partial charge is 0.309 e. The fraction of sp³-hybridized carbons (Fsp3) is 0. The summed E-state index contributed by atoms with van der Waals surface area (Å²) in [5.74, 6) is 1.90. The van der Waals surface area contributed by atoms with Crippen molar-refractivity contribution in [2.45, 2.75) is 0 Å². The molecule has 0 amide bonds. The van der Waals surface area contributed by atoms with E-state index in [1.165, 1.54) is 42.0 Å². The molecule has 11 rings (SSSR count). The van der Waals surface area contributed by atoms with Crippen LogP contribution in [0.25, 0.3) is 104 Å². The second kappa shape index (κ2) is 13.2. The summed E-state index contributed by atoms with van der Waals surface area (Å²) in [6.45, 7) is 0. The van der Waals surface area contributed by atoms with Crippen LogP contribution in [0.4, 0.5) is 0 Å². The number of aromatic nitrogens is 5. The van der Waals surface area contributed by atoms with E-state index in [1.54, 1.807) is 0 Å². The van der Waals surface area contributed by atoms with Gasteiger partial charge in [-0.05, 0) is 76.9 Å². The van der Waals surface area contributed by atoms with E-state index < -0.39 is 0 Å². The molecule has 0 N–H and O–H groups in total. The number of fused-ring (bicyclic) bond motifs is 7. The number of benzene rings is 7. The van der Waals surface area contributed by atoms with Crippen LogP contribution in [0.5, 0.6) is 0 Å². The molecule has 0 atom stereocenters. The Morgan fingerprint density at radius 1 is 0.375 bits per heavy atom. The van der Waals surface area contributed by atoms with E-state index in [4.69, 9.17) is 15.0 Å². The van der Waals surface area contributed by atoms with Crippen molar-refractivity contribution in [3.8, 4) is 62.1 Å². The first-order valence-electron chi connectivity index (χ1n) is 18.6. The highest BCUT2D eigenvalue weighted by atomic mass is 32.1. The summed E-state index contributed by atoms with van der Waals surface area (Å²) in [7, 11) is 0. The van der Waals surface area contributed by atoms with Gasteiger partial charge in [-0.1, -0.05) is 121 Å². The van der Waals surface area contributed by atoms with Gasteiger partial charge in [0.1, 0.15) is 0 Å². The summed E-state index contributed by atoms with van der Waals surface area (Å²) in [6, 6.07) is 61.9. The molecule has 11 aromatic rings. The van der Waals surface area contributed by atoms with Crippen LogP contribution in [-0.4, -0.2) is 24.5 Å². The lowest BCUT2D eigenvalue weighted by Crippen LogP contribution is -2.00. The third kappa shape index (κ3) is 5.46. The van der Waals surface area contributed by atoms with Gasteiger partial charge < -0.3 is 4.57 Å². The zero-order valence-electron chi connectivity index (χ0n) is 30.0. The van der Waals surface area contributed by atoms with Crippen molar-refractivity contribution in [3.63, 3.8) is 0 Å². The average Bonchev–Trinajstić information content (AvgIpc) is 3.83. The molecular formula is C50H31N5S. The molecule has 0 saturated carbocycles. The minimum atomic E-state index is 0.625. The van der Waals surface area contributed by atoms with Crippen molar-refractivity contribution < 1.29 is 0 Å². The van der Waals surface area contributed by atoms with E-state index in [9.17, 15) is 0 Å². The second-order valence-electron chi connectivity index (χ2n) is 13.9. The summed E-state index contributed by atoms with van der Waals surface area (Å²) in [6.07, 6.45) is 3.72. The van der Waals surface area contributed by atoms with Crippen LogP contribution < -0.4 is 0 Å². The molecule has 0 radical (unpaired) electrons. The molecule has 4 aromatic heterocycles. The van der Waals surface area contributed by atoms with Gasteiger partial charge in [0.15, 0.2) is 17.5 Å². The fourth-order valence-corrected chi connectivity index (χ4v) is 9.17. The third-order valence-corrected chi connectivity index (χ3v) is 11.7. The zero-order chi connectivity index (χ0) is 37.0. The number of thiophene rings is 1. The number of para-hydroxylation sites is 1. The third-order valence-electron chi connectivity index (χ3n) is 10.5. The van der Waals surface area contributed by atoms with E-state index in [-0.39, 0.29) is 0 Å². The minimum absolute atomic E-state index is 0.625. The standard InChI is InChI=1S/C50H31N5S/c1-3-12-33(13-4-1)48-52-49(34-14-5-2-6-15-34)54-50(53-48)36-17-11-16-35(28-36)38-29-37(32-24-26-51-27-25-32)30-39(31-38)55-43-20-9-7-19-42(43)46-44(55)23-22-41-40-18-8-10-21-45(40)56-47(41)46/h1-31H. The Labute approximate surface area is 326 Å².